The molecule has 0 aliphatic rings. The molecule has 5 nitrogen and oxygen atoms in total. The Hall–Kier alpha value is -3.80. The van der Waals surface area contributed by atoms with E-state index in [2.05, 4.69) is 52.9 Å². The van der Waals surface area contributed by atoms with Crippen LogP contribution in [0.2, 0.25) is 10.0 Å². The van der Waals surface area contributed by atoms with Crippen LogP contribution in [0.1, 0.15) is 21.6 Å². The minimum absolute atomic E-state index is 0.291. The Labute approximate surface area is 214 Å². The van der Waals surface area contributed by atoms with Gasteiger partial charge < -0.3 is 9.30 Å². The van der Waals surface area contributed by atoms with E-state index in [4.69, 9.17) is 27.9 Å². The van der Waals surface area contributed by atoms with Crippen LogP contribution in [0.15, 0.2) is 96.6 Å². The predicted octanol–water partition coefficient (Wildman–Crippen LogP) is 7.09. The lowest BCUT2D eigenvalue weighted by atomic mass is 10.1. The summed E-state index contributed by atoms with van der Waals surface area (Å²) in [5.41, 5.74) is 7.92. The van der Waals surface area contributed by atoms with E-state index in [-0.39, 0.29) is 5.91 Å². The number of nitrogens with one attached hydrogen (secondary N) is 1. The van der Waals surface area contributed by atoms with Gasteiger partial charge in [-0.3, -0.25) is 4.79 Å². The Kier molecular flexibility index (Phi) is 7.70. The topological polar surface area (TPSA) is 55.6 Å². The molecular formula is C28H23Cl2N3O2. The van der Waals surface area contributed by atoms with E-state index in [0.717, 1.165) is 22.6 Å². The van der Waals surface area contributed by atoms with Gasteiger partial charge in [-0.2, -0.15) is 5.10 Å². The van der Waals surface area contributed by atoms with Crippen LogP contribution in [-0.4, -0.2) is 23.3 Å². The van der Waals surface area contributed by atoms with Gasteiger partial charge in [0.2, 0.25) is 0 Å². The number of hydrazone groups is 1. The van der Waals surface area contributed by atoms with Gasteiger partial charge in [0.25, 0.3) is 5.91 Å². The molecule has 4 aromatic rings. The molecule has 0 aliphatic carbocycles. The zero-order chi connectivity index (χ0) is 24.8. The molecule has 0 fully saturated rings. The number of halogens is 2. The molecule has 1 heterocycles. The van der Waals surface area contributed by atoms with Crippen LogP contribution in [-0.2, 0) is 0 Å². The highest BCUT2D eigenvalue weighted by molar-refractivity contribution is 6.37. The second-order valence-electron chi connectivity index (χ2n) is 7.72. The molecule has 0 saturated carbocycles. The average molecular weight is 504 g/mol. The minimum atomic E-state index is -0.330. The summed E-state index contributed by atoms with van der Waals surface area (Å²) in [5.74, 6) is 0.0475. The van der Waals surface area contributed by atoms with Gasteiger partial charge in [-0.1, -0.05) is 66.2 Å². The number of carbonyl (C=O) groups excluding carboxylic acids is 1. The van der Waals surface area contributed by atoms with E-state index in [0.29, 0.717) is 33.5 Å². The lowest BCUT2D eigenvalue weighted by molar-refractivity contribution is 0.0955. The number of aromatic nitrogens is 1. The minimum Gasteiger partial charge on any atom is -0.486 e. The van der Waals surface area contributed by atoms with E-state index in [1.165, 1.54) is 6.21 Å². The number of aryl methyl sites for hydroxylation is 1. The molecular weight excluding hydrogens is 481 g/mol. The van der Waals surface area contributed by atoms with Gasteiger partial charge in [0.05, 0.1) is 22.0 Å². The first kappa shape index (κ1) is 24.3. The van der Waals surface area contributed by atoms with Crippen LogP contribution < -0.4 is 10.2 Å². The van der Waals surface area contributed by atoms with E-state index < -0.39 is 0 Å². The number of nitrogens with zero attached hydrogens (tertiary/aromatic N) is 2. The van der Waals surface area contributed by atoms with Crippen molar-refractivity contribution in [1.29, 1.82) is 0 Å². The highest BCUT2D eigenvalue weighted by atomic mass is 35.5. The number of hydrogen-bond acceptors (Lipinski definition) is 3. The highest BCUT2D eigenvalue weighted by Gasteiger charge is 2.11. The van der Waals surface area contributed by atoms with E-state index >= 15 is 0 Å². The fourth-order valence-electron chi connectivity index (χ4n) is 3.64. The van der Waals surface area contributed by atoms with Gasteiger partial charge >= 0.3 is 0 Å². The van der Waals surface area contributed by atoms with Crippen molar-refractivity contribution in [1.82, 2.24) is 9.99 Å². The van der Waals surface area contributed by atoms with Gasteiger partial charge in [-0.15, -0.1) is 0 Å². The van der Waals surface area contributed by atoms with E-state index in [9.17, 15) is 4.79 Å². The summed E-state index contributed by atoms with van der Waals surface area (Å²) < 4.78 is 7.61. The Morgan fingerprint density at radius 3 is 2.37 bits per heavy atom. The van der Waals surface area contributed by atoms with Crippen molar-refractivity contribution in [3.05, 3.63) is 118 Å². The van der Waals surface area contributed by atoms with Crippen LogP contribution in [0.4, 0.5) is 0 Å². The molecule has 0 radical (unpaired) electrons. The molecule has 176 valence electrons. The third-order valence-electron chi connectivity index (χ3n) is 5.28. The molecule has 0 aliphatic heterocycles. The van der Waals surface area contributed by atoms with Crippen molar-refractivity contribution < 1.29 is 9.53 Å². The summed E-state index contributed by atoms with van der Waals surface area (Å²) in [6, 6.07) is 25.0. The van der Waals surface area contributed by atoms with Gasteiger partial charge in [0.1, 0.15) is 6.61 Å². The number of carbonyl (C=O) groups is 1. The Morgan fingerprint density at radius 2 is 1.71 bits per heavy atom. The van der Waals surface area contributed by atoms with Crippen molar-refractivity contribution >= 4 is 35.3 Å². The maximum Gasteiger partial charge on any atom is 0.271 e. The fourth-order valence-corrected chi connectivity index (χ4v) is 4.25. The molecule has 0 saturated heterocycles. The number of benzene rings is 3. The monoisotopic (exact) mass is 503 g/mol. The summed E-state index contributed by atoms with van der Waals surface area (Å²) in [4.78, 5) is 12.6. The second-order valence-corrected chi connectivity index (χ2v) is 8.54. The van der Waals surface area contributed by atoms with Crippen molar-refractivity contribution in [2.45, 2.75) is 6.92 Å². The number of ether oxygens (including phenoxy) is 1. The van der Waals surface area contributed by atoms with Crippen molar-refractivity contribution in [3.8, 4) is 22.7 Å². The Balaban J connectivity index is 1.46. The molecule has 0 spiro atoms. The number of rotatable bonds is 8. The van der Waals surface area contributed by atoms with Crippen LogP contribution in [0.5, 0.6) is 5.75 Å². The first-order chi connectivity index (χ1) is 17.0. The Bertz CT molecular complexity index is 1350. The van der Waals surface area contributed by atoms with Crippen LogP contribution in [0, 0.1) is 6.92 Å². The lowest BCUT2D eigenvalue weighted by Crippen LogP contribution is -2.17. The number of amides is 1. The normalized spacial score (nSPS) is 10.9. The molecule has 1 amide bonds. The van der Waals surface area contributed by atoms with E-state index in [1.807, 2.05) is 30.3 Å². The van der Waals surface area contributed by atoms with Crippen LogP contribution in [0.3, 0.4) is 0 Å². The van der Waals surface area contributed by atoms with Crippen LogP contribution in [0.25, 0.3) is 16.9 Å². The molecule has 4 rings (SSSR count). The summed E-state index contributed by atoms with van der Waals surface area (Å²) in [7, 11) is 0. The SMILES string of the molecule is C=CCOc1c(Cl)cc(/C=N/NC(=O)c2ccc(-n3c(C)ccc3-c3ccccc3)cc2)cc1Cl. The zero-order valence-electron chi connectivity index (χ0n) is 19.0. The lowest BCUT2D eigenvalue weighted by Gasteiger charge is -2.12. The second kappa shape index (κ2) is 11.1. The third-order valence-corrected chi connectivity index (χ3v) is 5.84. The van der Waals surface area contributed by atoms with Crippen LogP contribution >= 0.6 is 23.2 Å². The largest absolute Gasteiger partial charge is 0.486 e. The summed E-state index contributed by atoms with van der Waals surface area (Å²) in [6.45, 7) is 5.94. The summed E-state index contributed by atoms with van der Waals surface area (Å²) >= 11 is 12.5. The average Bonchev–Trinajstić information content (AvgIpc) is 3.25. The zero-order valence-corrected chi connectivity index (χ0v) is 20.6. The molecule has 1 aromatic heterocycles. The standard InChI is InChI=1S/C28H23Cl2N3O2/c1-3-15-35-27-24(29)16-20(17-25(27)30)18-31-32-28(34)22-10-12-23(13-11-22)33-19(2)9-14-26(33)21-7-5-4-6-8-21/h3-14,16-18H,1,15H2,2H3,(H,32,34)/b31-18+. The molecule has 0 bridgehead atoms. The third kappa shape index (κ3) is 5.65. The Morgan fingerprint density at radius 1 is 1.03 bits per heavy atom. The van der Waals surface area contributed by atoms with Crippen molar-refractivity contribution in [3.63, 3.8) is 0 Å². The highest BCUT2D eigenvalue weighted by Crippen LogP contribution is 2.34. The van der Waals surface area contributed by atoms with E-state index in [1.54, 1.807) is 30.3 Å². The molecule has 7 heteroatoms. The molecule has 1 N–H and O–H groups in total. The van der Waals surface area contributed by atoms with Gasteiger partial charge in [-0.25, -0.2) is 5.43 Å². The van der Waals surface area contributed by atoms with Crippen molar-refractivity contribution in [2.75, 3.05) is 6.61 Å². The molecule has 3 aromatic carbocycles. The molecule has 0 atom stereocenters. The number of hydrogen-bond donors (Lipinski definition) is 1. The first-order valence-electron chi connectivity index (χ1n) is 10.9. The quantitative estimate of drug-likeness (QED) is 0.158. The van der Waals surface area contributed by atoms with Gasteiger partial charge in [0.15, 0.2) is 5.75 Å². The van der Waals surface area contributed by atoms with Gasteiger partial charge in [0, 0.05) is 16.9 Å². The maximum atomic E-state index is 12.6. The smallest absolute Gasteiger partial charge is 0.271 e. The van der Waals surface area contributed by atoms with Gasteiger partial charge in [-0.05, 0) is 66.6 Å². The first-order valence-corrected chi connectivity index (χ1v) is 11.6. The van der Waals surface area contributed by atoms with Crippen molar-refractivity contribution in [2.24, 2.45) is 5.10 Å². The summed E-state index contributed by atoms with van der Waals surface area (Å²) in [5, 5.41) is 4.72. The molecule has 35 heavy (non-hydrogen) atoms. The fraction of sp³-hybridized carbons (Fsp3) is 0.0714. The summed E-state index contributed by atoms with van der Waals surface area (Å²) in [6.07, 6.45) is 3.07. The maximum absolute atomic E-state index is 12.6. The predicted molar refractivity (Wildman–Crippen MR) is 143 cm³/mol. The molecule has 0 unspecified atom stereocenters.